The molecule has 0 aromatic rings. The van der Waals surface area contributed by atoms with Gasteiger partial charge in [0, 0.05) is 13.3 Å². The fourth-order valence-electron chi connectivity index (χ4n) is 2.90. The van der Waals surface area contributed by atoms with Gasteiger partial charge < -0.3 is 50.2 Å². The Morgan fingerprint density at radius 3 is 2.35 bits per heavy atom. The lowest BCUT2D eigenvalue weighted by atomic mass is 9.96. The van der Waals surface area contributed by atoms with Crippen LogP contribution < -0.4 is 5.32 Å². The zero-order chi connectivity index (χ0) is 19.6. The van der Waals surface area contributed by atoms with E-state index in [4.69, 9.17) is 19.3 Å². The van der Waals surface area contributed by atoms with Crippen molar-refractivity contribution in [1.29, 1.82) is 0 Å². The summed E-state index contributed by atoms with van der Waals surface area (Å²) in [6.07, 6.45) is -12.5. The van der Waals surface area contributed by atoms with E-state index in [0.717, 1.165) is 6.92 Å². The third kappa shape index (κ3) is 4.47. The quantitative estimate of drug-likeness (QED) is 0.244. The first-order chi connectivity index (χ1) is 12.1. The fourth-order valence-corrected chi connectivity index (χ4v) is 2.90. The van der Waals surface area contributed by atoms with Crippen LogP contribution in [0.4, 0.5) is 0 Å². The van der Waals surface area contributed by atoms with Crippen molar-refractivity contribution in [1.82, 2.24) is 5.32 Å². The Kier molecular flexibility index (Phi) is 6.87. The highest BCUT2D eigenvalue weighted by Crippen LogP contribution is 2.28. The lowest BCUT2D eigenvalue weighted by molar-refractivity contribution is -0.324. The average molecular weight is 381 g/mol. The van der Waals surface area contributed by atoms with E-state index in [1.54, 1.807) is 0 Å². The number of amides is 1. The number of carbonyl (C=O) groups excluding carboxylic acids is 1. The molecule has 0 aromatic heterocycles. The number of aliphatic hydroxyl groups is 5. The van der Waals surface area contributed by atoms with E-state index >= 15 is 0 Å². The molecule has 7 N–H and O–H groups in total. The van der Waals surface area contributed by atoms with E-state index in [0.29, 0.717) is 0 Å². The summed E-state index contributed by atoms with van der Waals surface area (Å²) in [5.41, 5.74) is 0. The molecule has 0 aliphatic carbocycles. The summed E-state index contributed by atoms with van der Waals surface area (Å²) in [5, 5.41) is 60.7. The molecule has 2 heterocycles. The Hall–Kier alpha value is -1.38. The Balaban J connectivity index is 2.22. The normalized spacial score (nSPS) is 43.7. The van der Waals surface area contributed by atoms with Crippen molar-refractivity contribution in [2.75, 3.05) is 6.61 Å². The summed E-state index contributed by atoms with van der Waals surface area (Å²) < 4.78 is 15.5. The second-order valence-electron chi connectivity index (χ2n) is 6.19. The molecule has 12 nitrogen and oxygen atoms in total. The van der Waals surface area contributed by atoms with Gasteiger partial charge in [-0.25, -0.2) is 4.79 Å². The summed E-state index contributed by atoms with van der Waals surface area (Å²) in [7, 11) is 0. The maximum Gasteiger partial charge on any atom is 0.333 e. The van der Waals surface area contributed by atoms with E-state index in [1.807, 2.05) is 0 Å². The summed E-state index contributed by atoms with van der Waals surface area (Å²) in [6.45, 7) is 0.462. The number of hydrogen-bond donors (Lipinski definition) is 7. The summed E-state index contributed by atoms with van der Waals surface area (Å²) in [5.74, 6) is -1.97. The number of carboxylic acid groups (broad SMARTS) is 1. The van der Waals surface area contributed by atoms with Gasteiger partial charge in [0.2, 0.25) is 5.91 Å². The Morgan fingerprint density at radius 2 is 1.81 bits per heavy atom. The zero-order valence-electron chi connectivity index (χ0n) is 13.8. The van der Waals surface area contributed by atoms with Gasteiger partial charge in [0.1, 0.15) is 30.5 Å². The van der Waals surface area contributed by atoms with Gasteiger partial charge in [0.25, 0.3) is 0 Å². The molecule has 2 rings (SSSR count). The molecule has 26 heavy (non-hydrogen) atoms. The van der Waals surface area contributed by atoms with Crippen molar-refractivity contribution in [2.45, 2.75) is 68.6 Å². The molecule has 5 unspecified atom stereocenters. The predicted molar refractivity (Wildman–Crippen MR) is 79.4 cm³/mol. The van der Waals surface area contributed by atoms with E-state index in [-0.39, 0.29) is 6.42 Å². The Bertz CT molecular complexity index is 517. The molecule has 0 radical (unpaired) electrons. The molecule has 2 aliphatic rings. The Labute approximate surface area is 147 Å². The van der Waals surface area contributed by atoms with Crippen LogP contribution in [0.1, 0.15) is 13.3 Å². The van der Waals surface area contributed by atoms with Crippen molar-refractivity contribution >= 4 is 11.9 Å². The van der Waals surface area contributed by atoms with Gasteiger partial charge in [-0.3, -0.25) is 4.79 Å². The zero-order valence-corrected chi connectivity index (χ0v) is 13.8. The van der Waals surface area contributed by atoms with Gasteiger partial charge in [0.05, 0.1) is 12.7 Å². The number of carbonyl (C=O) groups is 2. The monoisotopic (exact) mass is 381 g/mol. The molecule has 0 bridgehead atoms. The third-order valence-corrected chi connectivity index (χ3v) is 4.24. The van der Waals surface area contributed by atoms with Crippen LogP contribution in [0, 0.1) is 0 Å². The second kappa shape index (κ2) is 8.54. The van der Waals surface area contributed by atoms with Crippen LogP contribution >= 0.6 is 0 Å². The van der Waals surface area contributed by atoms with E-state index in [9.17, 15) is 35.1 Å². The van der Waals surface area contributed by atoms with Crippen LogP contribution in [0.5, 0.6) is 0 Å². The van der Waals surface area contributed by atoms with Crippen LogP contribution in [0.2, 0.25) is 0 Å². The summed E-state index contributed by atoms with van der Waals surface area (Å²) >= 11 is 0. The van der Waals surface area contributed by atoms with Gasteiger partial charge in [0.15, 0.2) is 18.7 Å². The highest BCUT2D eigenvalue weighted by atomic mass is 16.7. The molecule has 2 saturated heterocycles. The first-order valence-corrected chi connectivity index (χ1v) is 7.95. The van der Waals surface area contributed by atoms with Gasteiger partial charge in [-0.2, -0.15) is 0 Å². The van der Waals surface area contributed by atoms with Crippen molar-refractivity contribution in [3.8, 4) is 0 Å². The highest BCUT2D eigenvalue weighted by molar-refractivity contribution is 5.73. The molecular formula is C14H23NO11. The lowest BCUT2D eigenvalue weighted by Gasteiger charge is -2.45. The number of aliphatic hydroxyl groups excluding tert-OH is 5. The van der Waals surface area contributed by atoms with Crippen molar-refractivity contribution < 1.29 is 54.4 Å². The van der Waals surface area contributed by atoms with Crippen LogP contribution in [-0.4, -0.2) is 104 Å². The molecule has 2 aliphatic heterocycles. The maximum atomic E-state index is 11.3. The highest BCUT2D eigenvalue weighted by Gasteiger charge is 2.49. The standard InChI is InChI=1S/C14H23NO11/c1-4(17)15-8-11(10(20)7(3-16)24-13(8)23)26-14-9(19)5(18)2-6(25-14)12(21)22/h5-11,13-14,16,18-20,23H,2-3H2,1H3,(H,15,17)(H,21,22)/t5-,6?,7?,8-,9-,10?,11+,13?,14?/m0/s1. The van der Waals surface area contributed by atoms with Crippen LogP contribution in [-0.2, 0) is 23.8 Å². The van der Waals surface area contributed by atoms with Crippen LogP contribution in [0.25, 0.3) is 0 Å². The molecule has 12 heteroatoms. The SMILES string of the molecule is CC(=O)N[C@@H]1C(O)OC(CO)C(O)[C@@H]1OC1OC(C(=O)O)C[C@H](O)[C@@H]1O. The number of nitrogens with one attached hydrogen (secondary N) is 1. The number of aliphatic carboxylic acids is 1. The topological polar surface area (TPSA) is 195 Å². The fraction of sp³-hybridized carbons (Fsp3) is 0.857. The molecule has 0 spiro atoms. The van der Waals surface area contributed by atoms with Crippen molar-refractivity contribution in [3.05, 3.63) is 0 Å². The second-order valence-corrected chi connectivity index (χ2v) is 6.19. The molecule has 9 atom stereocenters. The number of ether oxygens (including phenoxy) is 3. The molecular weight excluding hydrogens is 358 g/mol. The van der Waals surface area contributed by atoms with Crippen LogP contribution in [0.15, 0.2) is 0 Å². The van der Waals surface area contributed by atoms with Gasteiger partial charge in [-0.15, -0.1) is 0 Å². The first-order valence-electron chi connectivity index (χ1n) is 7.95. The smallest absolute Gasteiger partial charge is 0.333 e. The van der Waals surface area contributed by atoms with E-state index < -0.39 is 73.7 Å². The number of hydrogen-bond acceptors (Lipinski definition) is 10. The van der Waals surface area contributed by atoms with Crippen molar-refractivity contribution in [3.63, 3.8) is 0 Å². The van der Waals surface area contributed by atoms with Gasteiger partial charge >= 0.3 is 5.97 Å². The van der Waals surface area contributed by atoms with Gasteiger partial charge in [-0.05, 0) is 0 Å². The number of rotatable bonds is 5. The summed E-state index contributed by atoms with van der Waals surface area (Å²) in [6, 6.07) is -1.30. The average Bonchev–Trinajstić information content (AvgIpc) is 2.56. The van der Waals surface area contributed by atoms with E-state index in [2.05, 4.69) is 5.32 Å². The molecule has 2 fully saturated rings. The predicted octanol–water partition coefficient (Wildman–Crippen LogP) is -4.13. The molecule has 1 amide bonds. The Morgan fingerprint density at radius 1 is 1.15 bits per heavy atom. The van der Waals surface area contributed by atoms with Gasteiger partial charge in [-0.1, -0.05) is 0 Å². The first kappa shape index (κ1) is 20.9. The maximum absolute atomic E-state index is 11.3. The molecule has 0 saturated carbocycles. The van der Waals surface area contributed by atoms with Crippen molar-refractivity contribution in [2.24, 2.45) is 0 Å². The molecule has 0 aromatic carbocycles. The lowest BCUT2D eigenvalue weighted by Crippen LogP contribution is -2.66. The van der Waals surface area contributed by atoms with Crippen LogP contribution in [0.3, 0.4) is 0 Å². The minimum atomic E-state index is -1.67. The summed E-state index contributed by atoms with van der Waals surface area (Å²) in [4.78, 5) is 22.4. The third-order valence-electron chi connectivity index (χ3n) is 4.24. The molecule has 150 valence electrons. The largest absolute Gasteiger partial charge is 0.479 e. The number of carboxylic acids is 1. The minimum Gasteiger partial charge on any atom is -0.479 e. The minimum absolute atomic E-state index is 0.371. The van der Waals surface area contributed by atoms with E-state index in [1.165, 1.54) is 0 Å².